The molecule has 90 heavy (non-hydrogen) atoms. The molecule has 6 aliphatic rings. The molecule has 4 amide bonds. The Labute approximate surface area is 531 Å². The van der Waals surface area contributed by atoms with Gasteiger partial charge in [0.05, 0.1) is 35.9 Å². The van der Waals surface area contributed by atoms with E-state index in [9.17, 15) is 19.2 Å². The van der Waals surface area contributed by atoms with Crippen LogP contribution in [0, 0.1) is 0 Å². The van der Waals surface area contributed by atoms with Gasteiger partial charge >= 0.3 is 0 Å². The minimum atomic E-state index is -0.194. The molecule has 0 atom stereocenters. The molecule has 14 nitrogen and oxygen atoms in total. The highest BCUT2D eigenvalue weighted by atomic mass is 16.5. The fraction of sp³-hybridized carbons (Fsp3) is 0.421. The molecule has 0 unspecified atom stereocenters. The highest BCUT2D eigenvalue weighted by Gasteiger charge is 2.34. The Bertz CT molecular complexity index is 4140. The lowest BCUT2D eigenvalue weighted by molar-refractivity contribution is -0.568. The van der Waals surface area contributed by atoms with Crippen LogP contribution in [0.4, 0.5) is 11.4 Å². The van der Waals surface area contributed by atoms with Crippen molar-refractivity contribution in [2.24, 2.45) is 0 Å². The average molecular weight is 1220 g/mol. The highest BCUT2D eigenvalue weighted by molar-refractivity contribution is 6.20. The first-order valence-electron chi connectivity index (χ1n) is 32.1. The summed E-state index contributed by atoms with van der Waals surface area (Å²) < 4.78 is 12.4. The fourth-order valence-electron chi connectivity index (χ4n) is 14.0. The Kier molecular flexibility index (Phi) is 18.6. The van der Waals surface area contributed by atoms with E-state index >= 15 is 0 Å². The molecular weight excluding hydrogens is 1120 g/mol. The predicted molar refractivity (Wildman–Crippen MR) is 362 cm³/mol. The summed E-state index contributed by atoms with van der Waals surface area (Å²) >= 11 is 0. The lowest BCUT2D eigenvalue weighted by Crippen LogP contribution is -2.89. The summed E-state index contributed by atoms with van der Waals surface area (Å²) in [5.74, 6) is 1.27. The highest BCUT2D eigenvalue weighted by Crippen LogP contribution is 2.44. The van der Waals surface area contributed by atoms with Crippen LogP contribution in [0.15, 0.2) is 97.1 Å². The minimum absolute atomic E-state index is 0. The first kappa shape index (κ1) is 64.6. The Morgan fingerprint density at radius 2 is 1.01 bits per heavy atom. The second kappa shape index (κ2) is 25.9. The summed E-state index contributed by atoms with van der Waals surface area (Å²) in [6, 6.07) is 25.5. The molecule has 0 spiro atoms. The monoisotopic (exact) mass is 1210 g/mol. The summed E-state index contributed by atoms with van der Waals surface area (Å²) in [5, 5.41) is 23.7. The molecule has 472 valence electrons. The number of amides is 4. The van der Waals surface area contributed by atoms with Crippen molar-refractivity contribution in [1.82, 2.24) is 21.3 Å². The third-order valence-corrected chi connectivity index (χ3v) is 17.8. The van der Waals surface area contributed by atoms with Gasteiger partial charge in [-0.2, -0.15) is 0 Å². The summed E-state index contributed by atoms with van der Waals surface area (Å²) in [4.78, 5) is 60.4. The second-order valence-electron chi connectivity index (χ2n) is 27.6. The third kappa shape index (κ3) is 14.3. The number of rotatable bonds is 21. The maximum Gasteiger partial charge on any atom is 0.252 e. The molecule has 0 bridgehead atoms. The maximum atomic E-state index is 14.4. The Balaban J connectivity index is 0.00000891. The van der Waals surface area contributed by atoms with Gasteiger partial charge in [0.15, 0.2) is 11.1 Å². The molecule has 0 fully saturated rings. The SMILES string of the molecule is C.CC1=CC(C)(C)Nc2cc3c(cc21)C(C(=O)NCCCCCC(=O)NCCOCCNC(=O)CCCCCNC(=O)c1ccc(C2=c4cc5c(cc4Oc4cc6c(cc42)C(C)=CC(C)(C)N6)=[NH+]C(C)(C)C=C5C)cc1)=c1cc2c(cc1C3)=[NH+]C(C)(C)C=C2C. The van der Waals surface area contributed by atoms with Gasteiger partial charge in [0.25, 0.3) is 11.8 Å². The van der Waals surface area contributed by atoms with E-state index in [0.29, 0.717) is 76.2 Å². The van der Waals surface area contributed by atoms with Crippen LogP contribution in [-0.2, 0) is 25.5 Å². The zero-order valence-electron chi connectivity index (χ0n) is 54.3. The van der Waals surface area contributed by atoms with Crippen molar-refractivity contribution in [2.75, 3.05) is 50.0 Å². The lowest BCUT2D eigenvalue weighted by Gasteiger charge is -2.33. The van der Waals surface area contributed by atoms with Gasteiger partial charge in [-0.05, 0) is 192 Å². The molecular formula is C76H94N8O6+2. The number of carbonyl (C=O) groups excluding carboxylic acids is 4. The van der Waals surface area contributed by atoms with E-state index < -0.39 is 0 Å². The molecule has 0 saturated carbocycles. The standard InChI is InChI=1S/C75H88N8O6.CH4/c1-44-40-72(5,6)80-60-32-50-31-51-33-61-53(45(2)41-73(7,8)81-61)35-57(51)69(56(50)34-52(44)60)71(87)79-26-18-14-16-20-67(85)77-28-30-88-29-27-76-66(84)19-15-13-17-25-78-70(86)49-23-21-48(22-24-49)68-58-36-54-46(3)42-74(9,10)82-62(54)38-64(58)89-65-39-63-55(37-59(65)68)47(4)43-75(11,12)83-63;/h21-24,32-43,80,82H,13-20,25-31H2,1-12H3,(H,76,84)(H,77,85)(H,78,86)(H,79,87);1H4/p+2. The van der Waals surface area contributed by atoms with E-state index in [1.807, 2.05) is 24.3 Å². The van der Waals surface area contributed by atoms with Gasteiger partial charge in [0.2, 0.25) is 22.5 Å². The molecule has 0 aromatic heterocycles. The number of nitrogens with one attached hydrogen (secondary N) is 8. The number of unbranched alkanes of at least 4 members (excludes halogenated alkanes) is 4. The van der Waals surface area contributed by atoms with Crippen LogP contribution < -0.4 is 67.8 Å². The summed E-state index contributed by atoms with van der Waals surface area (Å²) in [6.45, 7) is 28.5. The number of allylic oxidation sites excluding steroid dienone is 4. The zero-order chi connectivity index (χ0) is 63.2. The summed E-state index contributed by atoms with van der Waals surface area (Å²) in [6.07, 6.45) is 15.1. The topological polar surface area (TPSA) is 187 Å². The van der Waals surface area contributed by atoms with Crippen molar-refractivity contribution in [3.8, 4) is 11.5 Å². The van der Waals surface area contributed by atoms with Crippen molar-refractivity contribution >= 4 is 68.4 Å². The molecule has 0 saturated heterocycles. The fourth-order valence-corrected chi connectivity index (χ4v) is 14.0. The predicted octanol–water partition coefficient (Wildman–Crippen LogP) is 7.70. The van der Waals surface area contributed by atoms with Gasteiger partial charge in [-0.15, -0.1) is 0 Å². The van der Waals surface area contributed by atoms with E-state index in [-0.39, 0.29) is 53.2 Å². The first-order valence-corrected chi connectivity index (χ1v) is 32.1. The van der Waals surface area contributed by atoms with Crippen LogP contribution in [0.25, 0.3) is 33.4 Å². The molecule has 8 N–H and O–H groups in total. The van der Waals surface area contributed by atoms with Gasteiger partial charge in [0, 0.05) is 134 Å². The van der Waals surface area contributed by atoms with Crippen LogP contribution >= 0.6 is 0 Å². The number of fused-ring (bicyclic) bond motifs is 8. The number of hydrogen-bond acceptors (Lipinski definition) is 8. The number of benzene rings is 5. The number of hydrogen-bond donors (Lipinski definition) is 8. The van der Waals surface area contributed by atoms with Gasteiger partial charge in [-0.3, -0.25) is 19.2 Å². The Morgan fingerprint density at radius 1 is 0.500 bits per heavy atom. The quantitative estimate of drug-likeness (QED) is 0.0337. The second-order valence-corrected chi connectivity index (χ2v) is 27.6. The minimum Gasteiger partial charge on any atom is -0.456 e. The number of carbonyl (C=O) groups is 4. The van der Waals surface area contributed by atoms with Crippen molar-refractivity contribution in [3.63, 3.8) is 0 Å². The van der Waals surface area contributed by atoms with Crippen LogP contribution in [0.2, 0.25) is 0 Å². The molecule has 5 aliphatic heterocycles. The normalized spacial score (nSPS) is 16.8. The van der Waals surface area contributed by atoms with E-state index in [1.165, 1.54) is 22.3 Å². The average Bonchev–Trinajstić information content (AvgIpc) is 0.740. The smallest absolute Gasteiger partial charge is 0.252 e. The molecule has 11 rings (SSSR count). The molecule has 0 radical (unpaired) electrons. The summed E-state index contributed by atoms with van der Waals surface area (Å²) in [7, 11) is 0. The van der Waals surface area contributed by atoms with Crippen LogP contribution in [0.5, 0.6) is 11.5 Å². The van der Waals surface area contributed by atoms with Crippen LogP contribution in [-0.4, -0.2) is 85.2 Å². The van der Waals surface area contributed by atoms with Crippen molar-refractivity contribution in [3.05, 3.63) is 174 Å². The largest absolute Gasteiger partial charge is 0.456 e. The van der Waals surface area contributed by atoms with Crippen LogP contribution in [0.3, 0.4) is 0 Å². The zero-order valence-corrected chi connectivity index (χ0v) is 54.3. The van der Waals surface area contributed by atoms with Gasteiger partial charge in [-0.1, -0.05) is 44.6 Å². The molecule has 5 heterocycles. The third-order valence-electron chi connectivity index (χ3n) is 17.8. The van der Waals surface area contributed by atoms with E-state index in [1.54, 1.807) is 0 Å². The van der Waals surface area contributed by atoms with Gasteiger partial charge < -0.3 is 41.4 Å². The first-order chi connectivity index (χ1) is 42.3. The number of ether oxygens (including phenoxy) is 2. The van der Waals surface area contributed by atoms with Gasteiger partial charge in [0.1, 0.15) is 11.5 Å². The number of anilines is 2. The van der Waals surface area contributed by atoms with Gasteiger partial charge in [-0.25, -0.2) is 9.98 Å². The molecule has 14 heteroatoms. The molecule has 5 aromatic carbocycles. The lowest BCUT2D eigenvalue weighted by atomic mass is 9.80. The van der Waals surface area contributed by atoms with E-state index in [2.05, 4.69) is 198 Å². The Hall–Kier alpha value is -8.36. The molecule has 1 aliphatic carbocycles. The van der Waals surface area contributed by atoms with Crippen molar-refractivity contribution in [1.29, 1.82) is 0 Å². The van der Waals surface area contributed by atoms with E-state index in [4.69, 9.17) is 9.47 Å². The van der Waals surface area contributed by atoms with E-state index in [0.717, 1.165) is 132 Å². The maximum absolute atomic E-state index is 14.4. The van der Waals surface area contributed by atoms with Crippen molar-refractivity contribution < 1.29 is 38.6 Å². The molecule has 5 aromatic rings. The van der Waals surface area contributed by atoms with Crippen molar-refractivity contribution in [2.45, 2.75) is 170 Å². The summed E-state index contributed by atoms with van der Waals surface area (Å²) in [5.41, 5.74) is 18.3. The Morgan fingerprint density at radius 3 is 1.59 bits per heavy atom. The van der Waals surface area contributed by atoms with Crippen LogP contribution in [0.1, 0.15) is 202 Å².